The molecule has 0 aliphatic carbocycles. The lowest BCUT2D eigenvalue weighted by atomic mass is 10.2. The van der Waals surface area contributed by atoms with Gasteiger partial charge in [-0.2, -0.15) is 5.10 Å². The first-order valence-electron chi connectivity index (χ1n) is 6.87. The number of hydrogen-bond donors (Lipinski definition) is 1. The van der Waals surface area contributed by atoms with E-state index in [0.717, 1.165) is 22.8 Å². The predicted molar refractivity (Wildman–Crippen MR) is 88.5 cm³/mol. The van der Waals surface area contributed by atoms with E-state index in [4.69, 9.17) is 21.7 Å². The topological polar surface area (TPSA) is 55.7 Å². The molecule has 1 aliphatic rings. The van der Waals surface area contributed by atoms with Gasteiger partial charge in [0.1, 0.15) is 11.6 Å². The van der Waals surface area contributed by atoms with Gasteiger partial charge in [0.25, 0.3) is 0 Å². The van der Waals surface area contributed by atoms with E-state index in [2.05, 4.69) is 15.5 Å². The van der Waals surface area contributed by atoms with Gasteiger partial charge in [0.2, 0.25) is 0 Å². The summed E-state index contributed by atoms with van der Waals surface area (Å²) < 4.78 is 11.6. The molecule has 2 heterocycles. The smallest absolute Gasteiger partial charge is 0.172 e. The van der Waals surface area contributed by atoms with E-state index in [1.54, 1.807) is 12.4 Å². The maximum atomic E-state index is 5.88. The van der Waals surface area contributed by atoms with Crippen LogP contribution < -0.4 is 14.9 Å². The van der Waals surface area contributed by atoms with Crippen molar-refractivity contribution in [1.82, 2.24) is 10.4 Å². The Kier molecular flexibility index (Phi) is 4.29. The van der Waals surface area contributed by atoms with Gasteiger partial charge in [-0.15, -0.1) is 0 Å². The molecule has 0 fully saturated rings. The van der Waals surface area contributed by atoms with E-state index in [1.165, 1.54) is 0 Å². The summed E-state index contributed by atoms with van der Waals surface area (Å²) in [5, 5.41) is 4.29. The molecule has 0 saturated heterocycles. The molecule has 1 unspecified atom stereocenters. The van der Waals surface area contributed by atoms with Gasteiger partial charge < -0.3 is 9.47 Å². The number of hydrogen-bond acceptors (Lipinski definition) is 5. The van der Waals surface area contributed by atoms with Gasteiger partial charge in [0.05, 0.1) is 5.71 Å². The van der Waals surface area contributed by atoms with Crippen molar-refractivity contribution in [2.45, 2.75) is 13.0 Å². The second kappa shape index (κ2) is 6.53. The molecular formula is C16H15N3O2S. The number of thiocarbonyl (C=S) groups is 1. The van der Waals surface area contributed by atoms with Crippen LogP contribution in [0.25, 0.3) is 0 Å². The lowest BCUT2D eigenvalue weighted by Crippen LogP contribution is -2.36. The normalized spacial score (nSPS) is 17.0. The zero-order valence-corrected chi connectivity index (χ0v) is 12.8. The Morgan fingerprint density at radius 1 is 1.27 bits per heavy atom. The Bertz CT molecular complexity index is 704. The first-order chi connectivity index (χ1) is 10.7. The van der Waals surface area contributed by atoms with E-state index in [9.17, 15) is 0 Å². The Balaban J connectivity index is 1.65. The highest BCUT2D eigenvalue weighted by Gasteiger charge is 2.23. The van der Waals surface area contributed by atoms with Crippen molar-refractivity contribution < 1.29 is 9.47 Å². The van der Waals surface area contributed by atoms with Crippen molar-refractivity contribution in [3.8, 4) is 11.5 Å². The molecule has 1 N–H and O–H groups in total. The number of hydrazone groups is 1. The number of ether oxygens (including phenoxy) is 2. The van der Waals surface area contributed by atoms with Crippen molar-refractivity contribution in [3.63, 3.8) is 0 Å². The maximum Gasteiger partial charge on any atom is 0.172 e. The average Bonchev–Trinajstić information content (AvgIpc) is 2.59. The maximum absolute atomic E-state index is 5.88. The minimum Gasteiger partial charge on any atom is -0.485 e. The minimum atomic E-state index is -0.237. The highest BCUT2D eigenvalue weighted by Crippen LogP contribution is 2.31. The molecule has 1 atom stereocenters. The van der Waals surface area contributed by atoms with E-state index in [0.29, 0.717) is 11.6 Å². The van der Waals surface area contributed by atoms with Crippen molar-refractivity contribution in [3.05, 3.63) is 54.4 Å². The highest BCUT2D eigenvalue weighted by molar-refractivity contribution is 7.80. The van der Waals surface area contributed by atoms with Crippen LogP contribution >= 0.6 is 12.2 Å². The molecule has 22 heavy (non-hydrogen) atoms. The van der Waals surface area contributed by atoms with Gasteiger partial charge in [-0.3, -0.25) is 10.4 Å². The molecule has 6 heteroatoms. The quantitative estimate of drug-likeness (QED) is 0.536. The second-order valence-corrected chi connectivity index (χ2v) is 5.21. The fourth-order valence-electron chi connectivity index (χ4n) is 2.00. The van der Waals surface area contributed by atoms with Crippen molar-refractivity contribution in [2.75, 3.05) is 6.61 Å². The van der Waals surface area contributed by atoms with E-state index in [-0.39, 0.29) is 6.10 Å². The van der Waals surface area contributed by atoms with Crippen LogP contribution in [0.4, 0.5) is 0 Å². The lowest BCUT2D eigenvalue weighted by Gasteiger charge is -2.26. The number of benzene rings is 1. The van der Waals surface area contributed by atoms with Crippen LogP contribution in [0.5, 0.6) is 11.5 Å². The molecule has 3 rings (SSSR count). The SMILES string of the molecule is C/C(=N\NC(=S)c1cccnc1)C1COc2ccccc2O1. The second-order valence-electron chi connectivity index (χ2n) is 4.80. The van der Waals surface area contributed by atoms with E-state index >= 15 is 0 Å². The molecule has 0 radical (unpaired) electrons. The number of rotatable bonds is 3. The molecule has 0 spiro atoms. The Labute approximate surface area is 134 Å². The Hall–Kier alpha value is -2.47. The van der Waals surface area contributed by atoms with Crippen LogP contribution in [0.15, 0.2) is 53.9 Å². The molecule has 2 aromatic rings. The Morgan fingerprint density at radius 2 is 2.09 bits per heavy atom. The van der Waals surface area contributed by atoms with Gasteiger partial charge in [0.15, 0.2) is 17.6 Å². The first-order valence-corrected chi connectivity index (χ1v) is 7.28. The summed E-state index contributed by atoms with van der Waals surface area (Å²) in [6.45, 7) is 2.30. The van der Waals surface area contributed by atoms with Crippen molar-refractivity contribution in [1.29, 1.82) is 0 Å². The van der Waals surface area contributed by atoms with Gasteiger partial charge in [-0.05, 0) is 31.2 Å². The number of fused-ring (bicyclic) bond motifs is 1. The van der Waals surface area contributed by atoms with Gasteiger partial charge in [0, 0.05) is 18.0 Å². The summed E-state index contributed by atoms with van der Waals surface area (Å²) in [5.41, 5.74) is 4.45. The fourth-order valence-corrected chi connectivity index (χ4v) is 2.16. The van der Waals surface area contributed by atoms with Crippen LogP contribution in [-0.4, -0.2) is 28.4 Å². The number of aromatic nitrogens is 1. The molecule has 5 nitrogen and oxygen atoms in total. The van der Waals surface area contributed by atoms with Crippen LogP contribution in [-0.2, 0) is 0 Å². The minimum absolute atomic E-state index is 0.237. The molecule has 1 aromatic carbocycles. The highest BCUT2D eigenvalue weighted by atomic mass is 32.1. The zero-order valence-electron chi connectivity index (χ0n) is 12.0. The fraction of sp³-hybridized carbons (Fsp3) is 0.188. The summed E-state index contributed by atoms with van der Waals surface area (Å²) in [6.07, 6.45) is 3.15. The number of para-hydroxylation sites is 2. The van der Waals surface area contributed by atoms with Crippen LogP contribution in [0.3, 0.4) is 0 Å². The van der Waals surface area contributed by atoms with Crippen molar-refractivity contribution in [2.24, 2.45) is 5.10 Å². The standard InChI is InChI=1S/C16H15N3O2S/c1-11(18-19-16(22)12-5-4-8-17-9-12)15-10-20-13-6-2-3-7-14(13)21-15/h2-9,15H,10H2,1H3,(H,19,22)/b18-11+. The predicted octanol–water partition coefficient (Wildman–Crippen LogP) is 2.56. The monoisotopic (exact) mass is 313 g/mol. The summed E-state index contributed by atoms with van der Waals surface area (Å²) in [6, 6.07) is 11.3. The van der Waals surface area contributed by atoms with Crippen LogP contribution in [0, 0.1) is 0 Å². The summed E-state index contributed by atoms with van der Waals surface area (Å²) >= 11 is 5.27. The van der Waals surface area contributed by atoms with Crippen LogP contribution in [0.1, 0.15) is 12.5 Å². The molecule has 1 aliphatic heterocycles. The van der Waals surface area contributed by atoms with E-state index in [1.807, 2.05) is 43.3 Å². The summed E-state index contributed by atoms with van der Waals surface area (Å²) in [4.78, 5) is 4.55. The average molecular weight is 313 g/mol. The van der Waals surface area contributed by atoms with E-state index < -0.39 is 0 Å². The van der Waals surface area contributed by atoms with Crippen LogP contribution in [0.2, 0.25) is 0 Å². The molecule has 112 valence electrons. The summed E-state index contributed by atoms with van der Waals surface area (Å²) in [5.74, 6) is 1.48. The number of pyridine rings is 1. The first kappa shape index (κ1) is 14.5. The van der Waals surface area contributed by atoms with Gasteiger partial charge in [-0.1, -0.05) is 24.4 Å². The molecule has 0 saturated carbocycles. The molecule has 0 bridgehead atoms. The molecule has 0 amide bonds. The number of nitrogens with one attached hydrogen (secondary N) is 1. The number of nitrogens with zero attached hydrogens (tertiary/aromatic N) is 2. The van der Waals surface area contributed by atoms with Gasteiger partial charge in [-0.25, -0.2) is 0 Å². The van der Waals surface area contributed by atoms with Gasteiger partial charge >= 0.3 is 0 Å². The third-order valence-electron chi connectivity index (χ3n) is 3.23. The lowest BCUT2D eigenvalue weighted by molar-refractivity contribution is 0.134. The van der Waals surface area contributed by atoms with Crippen molar-refractivity contribution >= 4 is 22.9 Å². The largest absolute Gasteiger partial charge is 0.485 e. The summed E-state index contributed by atoms with van der Waals surface area (Å²) in [7, 11) is 0. The molecule has 1 aromatic heterocycles. The molecular weight excluding hydrogens is 298 g/mol. The zero-order chi connectivity index (χ0) is 15.4. The third kappa shape index (κ3) is 3.23. The third-order valence-corrected chi connectivity index (χ3v) is 3.56. The Morgan fingerprint density at radius 3 is 2.86 bits per heavy atom.